The lowest BCUT2D eigenvalue weighted by atomic mass is 10.2. The minimum absolute atomic E-state index is 0.123. The van der Waals surface area contributed by atoms with Crippen molar-refractivity contribution < 1.29 is 9.59 Å². The fourth-order valence-corrected chi connectivity index (χ4v) is 4.43. The summed E-state index contributed by atoms with van der Waals surface area (Å²) in [6.45, 7) is 3.83. The molecule has 2 amide bonds. The van der Waals surface area contributed by atoms with Crippen LogP contribution < -0.4 is 5.32 Å². The number of rotatable bonds is 6. The normalized spacial score (nSPS) is 13.8. The average Bonchev–Trinajstić information content (AvgIpc) is 2.95. The Balaban J connectivity index is 1.69. The predicted molar refractivity (Wildman–Crippen MR) is 126 cm³/mol. The monoisotopic (exact) mass is 484 g/mol. The number of nitrogens with one attached hydrogen (secondary N) is 1. The third-order valence-corrected chi connectivity index (χ3v) is 6.10. The average molecular weight is 485 g/mol. The van der Waals surface area contributed by atoms with Crippen LogP contribution in [0.25, 0.3) is 0 Å². The molecule has 2 aromatic carbocycles. The summed E-state index contributed by atoms with van der Waals surface area (Å²) in [5.74, 6) is -0.832. The molecule has 0 radical (unpaired) electrons. The van der Waals surface area contributed by atoms with E-state index in [0.29, 0.717) is 20.9 Å². The molecule has 6 nitrogen and oxygen atoms in total. The standard InChI is InChI=1S/C23H18Cl2N4O2S/c1-13-11-14(2)27-23(26-13)32-20-19(28-18-9-7-17(25)8-10-18)21(30)29(22(20)31)12-15-3-5-16(24)6-4-15/h3-11,28H,12H2,1-2H3. The summed E-state index contributed by atoms with van der Waals surface area (Å²) >= 11 is 13.0. The second kappa shape index (κ2) is 9.32. The van der Waals surface area contributed by atoms with Crippen molar-refractivity contribution in [2.75, 3.05) is 5.32 Å². The molecule has 3 aromatic rings. The first-order chi connectivity index (χ1) is 15.3. The van der Waals surface area contributed by atoms with Gasteiger partial charge in [-0.05, 0) is 73.6 Å². The molecule has 1 aromatic heterocycles. The van der Waals surface area contributed by atoms with E-state index in [-0.39, 0.29) is 17.1 Å². The highest BCUT2D eigenvalue weighted by Crippen LogP contribution is 2.35. The number of anilines is 1. The number of aromatic nitrogens is 2. The first-order valence-corrected chi connectivity index (χ1v) is 11.2. The third kappa shape index (κ3) is 4.96. The lowest BCUT2D eigenvalue weighted by Gasteiger charge is -2.15. The zero-order valence-corrected chi connectivity index (χ0v) is 19.6. The number of benzene rings is 2. The number of nitrogens with zero attached hydrogens (tertiary/aromatic N) is 3. The Bertz CT molecular complexity index is 1210. The fourth-order valence-electron chi connectivity index (χ4n) is 3.18. The van der Waals surface area contributed by atoms with Crippen LogP contribution in [-0.4, -0.2) is 26.7 Å². The van der Waals surface area contributed by atoms with Gasteiger partial charge in [-0.3, -0.25) is 14.5 Å². The van der Waals surface area contributed by atoms with Crippen LogP contribution in [0, 0.1) is 13.8 Å². The summed E-state index contributed by atoms with van der Waals surface area (Å²) in [5, 5.41) is 4.64. The van der Waals surface area contributed by atoms with Gasteiger partial charge in [0.2, 0.25) is 0 Å². The van der Waals surface area contributed by atoms with E-state index in [1.165, 1.54) is 4.90 Å². The summed E-state index contributed by atoms with van der Waals surface area (Å²) in [7, 11) is 0. The van der Waals surface area contributed by atoms with Crippen LogP contribution in [0.15, 0.2) is 70.4 Å². The summed E-state index contributed by atoms with van der Waals surface area (Å²) in [4.78, 5) is 36.8. The van der Waals surface area contributed by atoms with E-state index in [0.717, 1.165) is 28.7 Å². The van der Waals surface area contributed by atoms with Gasteiger partial charge in [0.05, 0.1) is 6.54 Å². The number of hydrogen-bond acceptors (Lipinski definition) is 6. The molecule has 0 atom stereocenters. The second-order valence-corrected chi connectivity index (χ2v) is 9.04. The topological polar surface area (TPSA) is 75.2 Å². The van der Waals surface area contributed by atoms with E-state index in [1.807, 2.05) is 19.9 Å². The van der Waals surface area contributed by atoms with Crippen LogP contribution in [-0.2, 0) is 16.1 Å². The lowest BCUT2D eigenvalue weighted by molar-refractivity contribution is -0.137. The molecule has 9 heteroatoms. The molecule has 1 aliphatic rings. The van der Waals surface area contributed by atoms with E-state index < -0.39 is 11.8 Å². The largest absolute Gasteiger partial charge is 0.350 e. The highest BCUT2D eigenvalue weighted by molar-refractivity contribution is 8.04. The van der Waals surface area contributed by atoms with Gasteiger partial charge in [0.15, 0.2) is 5.16 Å². The Morgan fingerprint density at radius 2 is 1.44 bits per heavy atom. The van der Waals surface area contributed by atoms with E-state index in [4.69, 9.17) is 23.2 Å². The second-order valence-electron chi connectivity index (χ2n) is 7.19. The maximum atomic E-state index is 13.3. The van der Waals surface area contributed by atoms with Crippen molar-refractivity contribution in [2.24, 2.45) is 0 Å². The molecule has 0 bridgehead atoms. The van der Waals surface area contributed by atoms with Crippen molar-refractivity contribution in [3.05, 3.63) is 92.2 Å². The minimum atomic E-state index is -0.424. The number of aryl methyl sites for hydroxylation is 2. The zero-order chi connectivity index (χ0) is 22.8. The Kier molecular flexibility index (Phi) is 6.50. The predicted octanol–water partition coefficient (Wildman–Crippen LogP) is 5.39. The van der Waals surface area contributed by atoms with Crippen molar-refractivity contribution in [2.45, 2.75) is 25.5 Å². The van der Waals surface area contributed by atoms with Gasteiger partial charge in [-0.1, -0.05) is 35.3 Å². The molecule has 0 fully saturated rings. The summed E-state index contributed by atoms with van der Waals surface area (Å²) in [5.41, 5.74) is 3.17. The van der Waals surface area contributed by atoms with Gasteiger partial charge in [-0.25, -0.2) is 9.97 Å². The van der Waals surface area contributed by atoms with E-state index in [9.17, 15) is 9.59 Å². The fraction of sp³-hybridized carbons (Fsp3) is 0.130. The van der Waals surface area contributed by atoms with Crippen molar-refractivity contribution in [3.63, 3.8) is 0 Å². The summed E-state index contributed by atoms with van der Waals surface area (Å²) in [6, 6.07) is 15.8. The van der Waals surface area contributed by atoms with Crippen LogP contribution >= 0.6 is 35.0 Å². The van der Waals surface area contributed by atoms with Crippen molar-refractivity contribution in [1.29, 1.82) is 0 Å². The first kappa shape index (κ1) is 22.3. The van der Waals surface area contributed by atoms with Gasteiger partial charge in [-0.2, -0.15) is 0 Å². The van der Waals surface area contributed by atoms with Crippen molar-refractivity contribution in [1.82, 2.24) is 14.9 Å². The molecule has 1 aliphatic heterocycles. The van der Waals surface area contributed by atoms with Crippen molar-refractivity contribution >= 4 is 52.5 Å². The maximum Gasteiger partial charge on any atom is 0.278 e. The number of amides is 2. The van der Waals surface area contributed by atoms with Gasteiger partial charge >= 0.3 is 0 Å². The van der Waals surface area contributed by atoms with Crippen molar-refractivity contribution in [3.8, 4) is 0 Å². The smallest absolute Gasteiger partial charge is 0.278 e. The number of imide groups is 1. The van der Waals surface area contributed by atoms with Crippen LogP contribution in [0.2, 0.25) is 10.0 Å². The molecule has 2 heterocycles. The number of hydrogen-bond donors (Lipinski definition) is 1. The van der Waals surface area contributed by atoms with E-state index in [1.54, 1.807) is 48.5 Å². The Morgan fingerprint density at radius 3 is 2.03 bits per heavy atom. The third-order valence-electron chi connectivity index (χ3n) is 4.65. The molecular weight excluding hydrogens is 467 g/mol. The molecule has 0 unspecified atom stereocenters. The van der Waals surface area contributed by atoms with E-state index >= 15 is 0 Å². The number of carbonyl (C=O) groups excluding carboxylic acids is 2. The van der Waals surface area contributed by atoms with Gasteiger partial charge in [0, 0.05) is 27.1 Å². The van der Waals surface area contributed by atoms with Gasteiger partial charge in [0.1, 0.15) is 10.6 Å². The minimum Gasteiger partial charge on any atom is -0.350 e. The highest BCUT2D eigenvalue weighted by Gasteiger charge is 2.39. The van der Waals surface area contributed by atoms with Crippen LogP contribution in [0.1, 0.15) is 17.0 Å². The molecular formula is C23H18Cl2N4O2S. The number of halogens is 2. The SMILES string of the molecule is Cc1cc(C)nc(SC2=C(Nc3ccc(Cl)cc3)C(=O)N(Cc3ccc(Cl)cc3)C2=O)n1. The molecule has 1 N–H and O–H groups in total. The molecule has 32 heavy (non-hydrogen) atoms. The molecule has 0 aliphatic carbocycles. The summed E-state index contributed by atoms with van der Waals surface area (Å²) < 4.78 is 0. The van der Waals surface area contributed by atoms with Crippen LogP contribution in [0.4, 0.5) is 5.69 Å². The van der Waals surface area contributed by atoms with Gasteiger partial charge in [0.25, 0.3) is 11.8 Å². The maximum absolute atomic E-state index is 13.3. The quantitative estimate of drug-likeness (QED) is 0.373. The number of carbonyl (C=O) groups is 2. The Hall–Kier alpha value is -2.87. The Morgan fingerprint density at radius 1 is 0.875 bits per heavy atom. The van der Waals surface area contributed by atoms with E-state index in [2.05, 4.69) is 15.3 Å². The summed E-state index contributed by atoms with van der Waals surface area (Å²) in [6.07, 6.45) is 0. The molecule has 0 saturated heterocycles. The highest BCUT2D eigenvalue weighted by atomic mass is 35.5. The first-order valence-electron chi connectivity index (χ1n) is 9.68. The van der Waals surface area contributed by atoms with Crippen LogP contribution in [0.3, 0.4) is 0 Å². The molecule has 0 spiro atoms. The Labute approximate surface area is 199 Å². The number of thioether (sulfide) groups is 1. The zero-order valence-electron chi connectivity index (χ0n) is 17.2. The molecule has 4 rings (SSSR count). The van der Waals surface area contributed by atoms with Crippen LogP contribution in [0.5, 0.6) is 0 Å². The lowest BCUT2D eigenvalue weighted by Crippen LogP contribution is -2.31. The molecule has 0 saturated carbocycles. The molecule has 162 valence electrons. The van der Waals surface area contributed by atoms with Gasteiger partial charge in [-0.15, -0.1) is 0 Å². The van der Waals surface area contributed by atoms with Gasteiger partial charge < -0.3 is 5.32 Å².